The van der Waals surface area contributed by atoms with Gasteiger partial charge in [0.2, 0.25) is 0 Å². The maximum Gasteiger partial charge on any atom is 0.123 e. The van der Waals surface area contributed by atoms with Crippen molar-refractivity contribution >= 4 is 11.3 Å². The van der Waals surface area contributed by atoms with Gasteiger partial charge < -0.3 is 9.84 Å². The van der Waals surface area contributed by atoms with E-state index in [0.29, 0.717) is 18.9 Å². The van der Waals surface area contributed by atoms with Crippen LogP contribution in [0.25, 0.3) is 0 Å². The minimum Gasteiger partial charge on any atom is -0.383 e. The lowest BCUT2D eigenvalue weighted by atomic mass is 9.88. The van der Waals surface area contributed by atoms with Crippen molar-refractivity contribution in [3.05, 3.63) is 51.7 Å². The van der Waals surface area contributed by atoms with E-state index in [9.17, 15) is 9.50 Å². The number of ether oxygens (including phenoxy) is 1. The molecule has 7 heteroatoms. The van der Waals surface area contributed by atoms with E-state index >= 15 is 0 Å². The molecule has 0 radical (unpaired) electrons. The minimum atomic E-state index is -0.842. The second-order valence-electron chi connectivity index (χ2n) is 8.28. The molecule has 0 aliphatic carbocycles. The van der Waals surface area contributed by atoms with E-state index in [2.05, 4.69) is 9.80 Å². The standard InChI is InChI=1S/C22H30FN3O2S/c1-28-15-19-3-2-10-26(19)14-21-24-20(16-29-21)22(27)8-11-25(12-9-22)13-17-4-6-18(23)7-5-17/h4-7,16,19,27H,2-3,8-15H2,1H3. The van der Waals surface area contributed by atoms with Crippen molar-refractivity contribution < 1.29 is 14.2 Å². The van der Waals surface area contributed by atoms with E-state index in [0.717, 1.165) is 55.6 Å². The van der Waals surface area contributed by atoms with Crippen molar-refractivity contribution in [2.45, 2.75) is 50.4 Å². The number of methoxy groups -OCH3 is 1. The smallest absolute Gasteiger partial charge is 0.123 e. The summed E-state index contributed by atoms with van der Waals surface area (Å²) in [6.45, 7) is 5.10. The Balaban J connectivity index is 1.33. The van der Waals surface area contributed by atoms with Gasteiger partial charge in [0, 0.05) is 38.2 Å². The maximum absolute atomic E-state index is 13.1. The molecular formula is C22H30FN3O2S. The molecule has 1 N–H and O–H groups in total. The van der Waals surface area contributed by atoms with Crippen LogP contribution in [-0.2, 0) is 23.4 Å². The first kappa shape index (κ1) is 20.9. The molecule has 0 spiro atoms. The zero-order valence-electron chi connectivity index (χ0n) is 17.0. The monoisotopic (exact) mass is 419 g/mol. The van der Waals surface area contributed by atoms with Crippen LogP contribution >= 0.6 is 11.3 Å². The molecule has 1 unspecified atom stereocenters. The van der Waals surface area contributed by atoms with E-state index in [1.165, 1.54) is 25.0 Å². The molecule has 1 aromatic carbocycles. The molecule has 1 aromatic heterocycles. The molecular weight excluding hydrogens is 389 g/mol. The normalized spacial score (nSPS) is 22.9. The third-order valence-corrected chi connectivity index (χ3v) is 7.06. The molecule has 0 saturated carbocycles. The number of rotatable bonds is 7. The van der Waals surface area contributed by atoms with Gasteiger partial charge in [-0.1, -0.05) is 12.1 Å². The fourth-order valence-corrected chi connectivity index (χ4v) is 5.35. The number of aromatic nitrogens is 1. The number of nitrogens with zero attached hydrogens (tertiary/aromatic N) is 3. The van der Waals surface area contributed by atoms with Gasteiger partial charge in [0.15, 0.2) is 0 Å². The third kappa shape index (κ3) is 5.03. The Morgan fingerprint density at radius 3 is 2.69 bits per heavy atom. The summed E-state index contributed by atoms with van der Waals surface area (Å²) in [5.41, 5.74) is 1.08. The van der Waals surface area contributed by atoms with E-state index in [4.69, 9.17) is 9.72 Å². The summed E-state index contributed by atoms with van der Waals surface area (Å²) in [6, 6.07) is 7.15. The molecule has 1 atom stereocenters. The number of likely N-dealkylation sites (tertiary alicyclic amines) is 2. The largest absolute Gasteiger partial charge is 0.383 e. The number of hydrogen-bond acceptors (Lipinski definition) is 6. The first-order valence-corrected chi connectivity index (χ1v) is 11.3. The lowest BCUT2D eigenvalue weighted by molar-refractivity contribution is -0.0308. The van der Waals surface area contributed by atoms with Crippen molar-refractivity contribution in [3.63, 3.8) is 0 Å². The second kappa shape index (κ2) is 9.18. The fourth-order valence-electron chi connectivity index (χ4n) is 4.44. The first-order valence-electron chi connectivity index (χ1n) is 10.4. The lowest BCUT2D eigenvalue weighted by Crippen LogP contribution is -2.42. The maximum atomic E-state index is 13.1. The molecule has 0 amide bonds. The zero-order valence-corrected chi connectivity index (χ0v) is 17.8. The Bertz CT molecular complexity index is 790. The summed E-state index contributed by atoms with van der Waals surface area (Å²) in [5.74, 6) is -0.205. The van der Waals surface area contributed by atoms with Crippen LogP contribution < -0.4 is 0 Å². The van der Waals surface area contributed by atoms with Crippen LogP contribution in [0.5, 0.6) is 0 Å². The highest BCUT2D eigenvalue weighted by Gasteiger charge is 2.36. The van der Waals surface area contributed by atoms with E-state index in [-0.39, 0.29) is 5.82 Å². The van der Waals surface area contributed by atoms with Crippen LogP contribution in [0, 0.1) is 5.82 Å². The predicted molar refractivity (Wildman–Crippen MR) is 112 cm³/mol. The number of piperidine rings is 1. The lowest BCUT2D eigenvalue weighted by Gasteiger charge is -2.37. The second-order valence-corrected chi connectivity index (χ2v) is 9.23. The third-order valence-electron chi connectivity index (χ3n) is 6.23. The van der Waals surface area contributed by atoms with Gasteiger partial charge >= 0.3 is 0 Å². The SMILES string of the molecule is COCC1CCCN1Cc1nc(C2(O)CCN(Cc3ccc(F)cc3)CC2)cs1. The van der Waals surface area contributed by atoms with Gasteiger partial charge in [0.1, 0.15) is 16.4 Å². The van der Waals surface area contributed by atoms with Gasteiger partial charge in [-0.25, -0.2) is 9.37 Å². The zero-order chi connectivity index (χ0) is 20.3. The summed E-state index contributed by atoms with van der Waals surface area (Å²) in [5, 5.41) is 14.3. The number of halogens is 1. The summed E-state index contributed by atoms with van der Waals surface area (Å²) in [6.07, 6.45) is 3.74. The highest BCUT2D eigenvalue weighted by atomic mass is 32.1. The highest BCUT2D eigenvalue weighted by Crippen LogP contribution is 2.34. The van der Waals surface area contributed by atoms with E-state index < -0.39 is 5.60 Å². The fraction of sp³-hybridized carbons (Fsp3) is 0.591. The van der Waals surface area contributed by atoms with Crippen LogP contribution in [0.4, 0.5) is 4.39 Å². The predicted octanol–water partition coefficient (Wildman–Crippen LogP) is 3.38. The number of benzene rings is 1. The molecule has 2 aliphatic heterocycles. The van der Waals surface area contributed by atoms with Crippen molar-refractivity contribution in [2.24, 2.45) is 0 Å². The topological polar surface area (TPSA) is 48.8 Å². The Morgan fingerprint density at radius 2 is 1.97 bits per heavy atom. The highest BCUT2D eigenvalue weighted by molar-refractivity contribution is 7.09. The molecule has 158 valence electrons. The number of thiazole rings is 1. The molecule has 2 saturated heterocycles. The van der Waals surface area contributed by atoms with Crippen LogP contribution in [0.2, 0.25) is 0 Å². The van der Waals surface area contributed by atoms with Crippen molar-refractivity contribution in [1.29, 1.82) is 0 Å². The summed E-state index contributed by atoms with van der Waals surface area (Å²) in [7, 11) is 1.76. The summed E-state index contributed by atoms with van der Waals surface area (Å²) in [4.78, 5) is 9.57. The van der Waals surface area contributed by atoms with Gasteiger partial charge in [-0.3, -0.25) is 9.80 Å². The van der Waals surface area contributed by atoms with Crippen LogP contribution in [0.3, 0.4) is 0 Å². The molecule has 2 aliphatic rings. The van der Waals surface area contributed by atoms with Crippen molar-refractivity contribution in [2.75, 3.05) is 33.4 Å². The van der Waals surface area contributed by atoms with E-state index in [1.807, 2.05) is 17.5 Å². The van der Waals surface area contributed by atoms with Crippen molar-refractivity contribution in [1.82, 2.24) is 14.8 Å². The Kier molecular flexibility index (Phi) is 6.61. The molecule has 2 aromatic rings. The van der Waals surface area contributed by atoms with Gasteiger partial charge in [-0.15, -0.1) is 11.3 Å². The molecule has 0 bridgehead atoms. The van der Waals surface area contributed by atoms with Crippen LogP contribution in [-0.4, -0.2) is 59.3 Å². The van der Waals surface area contributed by atoms with E-state index in [1.54, 1.807) is 18.4 Å². The molecule has 4 rings (SSSR count). The quantitative estimate of drug-likeness (QED) is 0.746. The van der Waals surface area contributed by atoms with Gasteiger partial charge in [0.05, 0.1) is 18.8 Å². The summed E-state index contributed by atoms with van der Waals surface area (Å²) < 4.78 is 18.4. The molecule has 5 nitrogen and oxygen atoms in total. The van der Waals surface area contributed by atoms with Crippen molar-refractivity contribution in [3.8, 4) is 0 Å². The first-order chi connectivity index (χ1) is 14.1. The average molecular weight is 420 g/mol. The van der Waals surface area contributed by atoms with Crippen LogP contribution in [0.15, 0.2) is 29.6 Å². The minimum absolute atomic E-state index is 0.205. The number of hydrogen-bond donors (Lipinski definition) is 1. The van der Waals surface area contributed by atoms with Gasteiger partial charge in [-0.2, -0.15) is 0 Å². The Labute approximate surface area is 176 Å². The Hall–Kier alpha value is -1.38. The molecule has 3 heterocycles. The van der Waals surface area contributed by atoms with Gasteiger partial charge in [-0.05, 0) is 49.9 Å². The van der Waals surface area contributed by atoms with Crippen LogP contribution in [0.1, 0.15) is 41.9 Å². The summed E-state index contributed by atoms with van der Waals surface area (Å²) >= 11 is 1.65. The average Bonchev–Trinajstić information content (AvgIpc) is 3.37. The number of aliphatic hydroxyl groups is 1. The molecule has 2 fully saturated rings. The Morgan fingerprint density at radius 1 is 1.21 bits per heavy atom. The van der Waals surface area contributed by atoms with Gasteiger partial charge in [0.25, 0.3) is 0 Å². The molecule has 29 heavy (non-hydrogen) atoms.